The van der Waals surface area contributed by atoms with E-state index in [-0.39, 0.29) is 23.2 Å². The second-order valence-corrected chi connectivity index (χ2v) is 6.62. The molecule has 3 rings (SSSR count). The number of hydrogen-bond donors (Lipinski definition) is 2. The van der Waals surface area contributed by atoms with Crippen LogP contribution < -0.4 is 20.5 Å². The lowest BCUT2D eigenvalue weighted by Gasteiger charge is -2.26. The van der Waals surface area contributed by atoms with Gasteiger partial charge in [-0.3, -0.25) is 14.9 Å². The number of hydrogen-bond acceptors (Lipinski definition) is 6. The fraction of sp³-hybridized carbons (Fsp3) is 0.316. The number of anilines is 1. The van der Waals surface area contributed by atoms with Gasteiger partial charge < -0.3 is 20.5 Å². The van der Waals surface area contributed by atoms with Crippen LogP contribution in [0, 0.1) is 16.0 Å². The number of carbonyl (C=O) groups excluding carboxylic acids is 1. The summed E-state index contributed by atoms with van der Waals surface area (Å²) in [5.74, 6) is 0.758. The van der Waals surface area contributed by atoms with E-state index in [1.54, 1.807) is 0 Å². The Labute approximate surface area is 156 Å². The highest BCUT2D eigenvalue weighted by atomic mass is 16.6. The molecule has 0 bridgehead atoms. The van der Waals surface area contributed by atoms with Gasteiger partial charge in [0.2, 0.25) is 5.91 Å². The van der Waals surface area contributed by atoms with Crippen molar-refractivity contribution in [3.8, 4) is 11.5 Å². The highest BCUT2D eigenvalue weighted by Crippen LogP contribution is 2.37. The fourth-order valence-corrected chi connectivity index (χ4v) is 3.01. The van der Waals surface area contributed by atoms with E-state index in [1.165, 1.54) is 18.2 Å². The van der Waals surface area contributed by atoms with E-state index in [1.807, 2.05) is 32.0 Å². The third-order valence-corrected chi connectivity index (χ3v) is 4.38. The highest BCUT2D eigenvalue weighted by molar-refractivity contribution is 5.94. The Morgan fingerprint density at radius 3 is 2.48 bits per heavy atom. The molecule has 1 atom stereocenters. The largest absolute Gasteiger partial charge is 0.486 e. The number of ether oxygens (including phenoxy) is 2. The number of nitrogens with zero attached hydrogens (tertiary/aromatic N) is 1. The van der Waals surface area contributed by atoms with Gasteiger partial charge in [0.1, 0.15) is 18.9 Å². The zero-order chi connectivity index (χ0) is 19.6. The molecule has 142 valence electrons. The molecule has 0 unspecified atom stereocenters. The second-order valence-electron chi connectivity index (χ2n) is 6.62. The molecule has 8 nitrogen and oxygen atoms in total. The molecule has 27 heavy (non-hydrogen) atoms. The van der Waals surface area contributed by atoms with Crippen molar-refractivity contribution in [3.63, 3.8) is 0 Å². The van der Waals surface area contributed by atoms with Crippen molar-refractivity contribution in [1.82, 2.24) is 0 Å². The Bertz CT molecular complexity index is 882. The SMILES string of the molecule is CC(C)[C@@H](Nc1ccc(C(N)=O)cc1[N+](=O)[O-])c1ccc2c(c1)OCCO2. The lowest BCUT2D eigenvalue weighted by molar-refractivity contribution is -0.384. The van der Waals surface area contributed by atoms with Gasteiger partial charge in [-0.2, -0.15) is 0 Å². The van der Waals surface area contributed by atoms with Gasteiger partial charge >= 0.3 is 0 Å². The molecule has 1 amide bonds. The minimum atomic E-state index is -0.711. The Kier molecular flexibility index (Phi) is 5.16. The van der Waals surface area contributed by atoms with Gasteiger partial charge in [0.25, 0.3) is 5.69 Å². The fourth-order valence-electron chi connectivity index (χ4n) is 3.01. The van der Waals surface area contributed by atoms with E-state index in [4.69, 9.17) is 15.2 Å². The molecule has 3 N–H and O–H groups in total. The number of nitrogens with one attached hydrogen (secondary N) is 1. The van der Waals surface area contributed by atoms with E-state index in [0.717, 1.165) is 5.56 Å². The Balaban J connectivity index is 1.95. The summed E-state index contributed by atoms with van der Waals surface area (Å²) in [5, 5.41) is 14.7. The van der Waals surface area contributed by atoms with Gasteiger partial charge in [0.15, 0.2) is 11.5 Å². The Hall–Kier alpha value is -3.29. The summed E-state index contributed by atoms with van der Waals surface area (Å²) >= 11 is 0. The number of primary amides is 1. The Morgan fingerprint density at radius 1 is 1.15 bits per heavy atom. The lowest BCUT2D eigenvalue weighted by Crippen LogP contribution is -2.20. The van der Waals surface area contributed by atoms with Crippen LogP contribution >= 0.6 is 0 Å². The molecule has 0 aromatic heterocycles. The molecule has 8 heteroatoms. The molecule has 0 aliphatic carbocycles. The summed E-state index contributed by atoms with van der Waals surface area (Å²) in [6.07, 6.45) is 0. The third-order valence-electron chi connectivity index (χ3n) is 4.38. The van der Waals surface area contributed by atoms with Crippen LogP contribution in [0.2, 0.25) is 0 Å². The van der Waals surface area contributed by atoms with Crippen molar-refractivity contribution < 1.29 is 19.2 Å². The summed E-state index contributed by atoms with van der Waals surface area (Å²) in [5.41, 5.74) is 6.36. The van der Waals surface area contributed by atoms with Crippen molar-refractivity contribution in [3.05, 3.63) is 57.6 Å². The topological polar surface area (TPSA) is 117 Å². The maximum atomic E-state index is 11.5. The van der Waals surface area contributed by atoms with Crippen LogP contribution in [-0.2, 0) is 0 Å². The Morgan fingerprint density at radius 2 is 1.85 bits per heavy atom. The lowest BCUT2D eigenvalue weighted by atomic mass is 9.95. The minimum absolute atomic E-state index is 0.0904. The van der Waals surface area contributed by atoms with Crippen LogP contribution in [0.4, 0.5) is 11.4 Å². The van der Waals surface area contributed by atoms with Crippen LogP contribution in [0.15, 0.2) is 36.4 Å². The number of rotatable bonds is 6. The molecule has 0 saturated carbocycles. The number of fused-ring (bicyclic) bond motifs is 1. The van der Waals surface area contributed by atoms with Gasteiger partial charge in [-0.1, -0.05) is 19.9 Å². The number of nitro groups is 1. The molecule has 0 spiro atoms. The number of amides is 1. The standard InChI is InChI=1S/C19H21N3O5/c1-11(2)18(12-4-6-16-17(10-12)27-8-7-26-16)21-14-5-3-13(19(20)23)9-15(14)22(24)25/h3-6,9-11,18,21H,7-8H2,1-2H3,(H2,20,23)/t18-/m1/s1. The zero-order valence-corrected chi connectivity index (χ0v) is 15.1. The summed E-state index contributed by atoms with van der Waals surface area (Å²) in [7, 11) is 0. The number of nitro benzene ring substituents is 1. The van der Waals surface area contributed by atoms with Gasteiger partial charge in [-0.25, -0.2) is 0 Å². The van der Waals surface area contributed by atoms with Crippen molar-refractivity contribution in [2.45, 2.75) is 19.9 Å². The molecule has 1 aliphatic heterocycles. The van der Waals surface area contributed by atoms with Gasteiger partial charge in [0, 0.05) is 11.6 Å². The molecule has 0 radical (unpaired) electrons. The van der Waals surface area contributed by atoms with E-state index in [0.29, 0.717) is 30.4 Å². The zero-order valence-electron chi connectivity index (χ0n) is 15.1. The van der Waals surface area contributed by atoms with Crippen LogP contribution in [0.1, 0.15) is 35.8 Å². The maximum absolute atomic E-state index is 11.5. The monoisotopic (exact) mass is 371 g/mol. The summed E-state index contributed by atoms with van der Waals surface area (Å²) < 4.78 is 11.2. The van der Waals surface area contributed by atoms with Gasteiger partial charge in [0.05, 0.1) is 11.0 Å². The summed E-state index contributed by atoms with van der Waals surface area (Å²) in [6.45, 7) is 5.02. The predicted molar refractivity (Wildman–Crippen MR) is 100 cm³/mol. The smallest absolute Gasteiger partial charge is 0.293 e. The normalized spacial score (nSPS) is 13.9. The summed E-state index contributed by atoms with van der Waals surface area (Å²) in [6, 6.07) is 9.59. The number of nitrogens with two attached hydrogens (primary N) is 1. The number of carbonyl (C=O) groups is 1. The van der Waals surface area contributed by atoms with Crippen LogP contribution in [0.25, 0.3) is 0 Å². The molecule has 0 saturated heterocycles. The second kappa shape index (κ2) is 7.53. The average Bonchev–Trinajstić information content (AvgIpc) is 2.65. The van der Waals surface area contributed by atoms with E-state index in [9.17, 15) is 14.9 Å². The molecule has 2 aromatic carbocycles. The first-order valence-corrected chi connectivity index (χ1v) is 8.61. The van der Waals surface area contributed by atoms with Gasteiger partial charge in [-0.05, 0) is 35.7 Å². The van der Waals surface area contributed by atoms with Gasteiger partial charge in [-0.15, -0.1) is 0 Å². The molecule has 2 aromatic rings. The van der Waals surface area contributed by atoms with Crippen molar-refractivity contribution >= 4 is 17.3 Å². The van der Waals surface area contributed by atoms with Crippen LogP contribution in [0.5, 0.6) is 11.5 Å². The first-order valence-electron chi connectivity index (χ1n) is 8.61. The minimum Gasteiger partial charge on any atom is -0.486 e. The molecule has 1 aliphatic rings. The van der Waals surface area contributed by atoms with E-state index < -0.39 is 10.8 Å². The number of benzene rings is 2. The van der Waals surface area contributed by atoms with Crippen molar-refractivity contribution in [1.29, 1.82) is 0 Å². The third kappa shape index (κ3) is 3.94. The molecule has 0 fully saturated rings. The predicted octanol–water partition coefficient (Wildman–Crippen LogP) is 3.27. The van der Waals surface area contributed by atoms with Crippen molar-refractivity contribution in [2.75, 3.05) is 18.5 Å². The highest BCUT2D eigenvalue weighted by Gasteiger charge is 2.24. The van der Waals surface area contributed by atoms with Crippen LogP contribution in [0.3, 0.4) is 0 Å². The average molecular weight is 371 g/mol. The first kappa shape index (κ1) is 18.5. The molecule has 1 heterocycles. The quantitative estimate of drug-likeness (QED) is 0.594. The molecular formula is C19H21N3O5. The van der Waals surface area contributed by atoms with Crippen molar-refractivity contribution in [2.24, 2.45) is 11.7 Å². The van der Waals surface area contributed by atoms with E-state index >= 15 is 0 Å². The van der Waals surface area contributed by atoms with E-state index in [2.05, 4.69) is 5.32 Å². The first-order chi connectivity index (χ1) is 12.9. The summed E-state index contributed by atoms with van der Waals surface area (Å²) in [4.78, 5) is 22.2. The molecular weight excluding hydrogens is 350 g/mol. The van der Waals surface area contributed by atoms with Crippen LogP contribution in [-0.4, -0.2) is 24.0 Å². The maximum Gasteiger partial charge on any atom is 0.293 e.